The van der Waals surface area contributed by atoms with Gasteiger partial charge in [-0.25, -0.2) is 19.9 Å². The van der Waals surface area contributed by atoms with E-state index in [1.165, 1.54) is 0 Å². The van der Waals surface area contributed by atoms with Crippen LogP contribution in [0.2, 0.25) is 0 Å². The van der Waals surface area contributed by atoms with Crippen LogP contribution in [-0.4, -0.2) is 85.0 Å². The Bertz CT molecular complexity index is 1540. The molecule has 1 amide bonds. The largest absolute Gasteiger partial charge is 0.358 e. The number of hydrogen-bond donors (Lipinski definition) is 1. The fraction of sp³-hybridized carbons (Fsp3) is 0.346. The third kappa shape index (κ3) is 4.56. The third-order valence-corrected chi connectivity index (χ3v) is 7.73. The maximum absolute atomic E-state index is 13.3. The van der Waals surface area contributed by atoms with E-state index in [1.54, 1.807) is 23.9 Å². The summed E-state index contributed by atoms with van der Waals surface area (Å²) in [4.78, 5) is 41.7. The lowest BCUT2D eigenvalue weighted by molar-refractivity contribution is -0.134. The van der Waals surface area contributed by atoms with Crippen molar-refractivity contribution in [1.29, 1.82) is 0 Å². The molecule has 0 aliphatic carbocycles. The second-order valence-electron chi connectivity index (χ2n) is 9.70. The molecule has 1 aliphatic heterocycles. The summed E-state index contributed by atoms with van der Waals surface area (Å²) < 4.78 is 1.83. The number of amides is 1. The number of H-pyrrole nitrogens is 1. The van der Waals surface area contributed by atoms with Crippen LogP contribution >= 0.6 is 11.3 Å². The molecule has 0 radical (unpaired) electrons. The second kappa shape index (κ2) is 9.56. The first-order valence-electron chi connectivity index (χ1n) is 12.4. The number of nitrogens with zero attached hydrogens (tertiary/aromatic N) is 8. The minimum atomic E-state index is 0.0481. The number of aromatic nitrogens is 6. The van der Waals surface area contributed by atoms with Gasteiger partial charge in [-0.05, 0) is 45.3 Å². The molecule has 1 N–H and O–H groups in total. The zero-order valence-corrected chi connectivity index (χ0v) is 21.9. The molecule has 0 spiro atoms. The lowest BCUT2D eigenvalue weighted by atomic mass is 10.2. The highest BCUT2D eigenvalue weighted by Gasteiger charge is 2.31. The number of pyridine rings is 1. The molecule has 4 aromatic heterocycles. The third-order valence-electron chi connectivity index (χ3n) is 6.63. The SMILES string of the molecule is CC1CN(c2sc(CN(C)C)nc2-c2nc3ccccc3[nH]2)CCN1C(=O)Cn1cnc2cccnc21. The van der Waals surface area contributed by atoms with Gasteiger partial charge in [-0.1, -0.05) is 23.5 Å². The average molecular weight is 516 g/mol. The summed E-state index contributed by atoms with van der Waals surface area (Å²) in [7, 11) is 4.10. The highest BCUT2D eigenvalue weighted by molar-refractivity contribution is 7.16. The van der Waals surface area contributed by atoms with Gasteiger partial charge in [0.15, 0.2) is 11.5 Å². The van der Waals surface area contributed by atoms with Gasteiger partial charge in [-0.3, -0.25) is 4.79 Å². The molecule has 11 heteroatoms. The van der Waals surface area contributed by atoms with Crippen LogP contribution in [0.3, 0.4) is 0 Å². The maximum Gasteiger partial charge on any atom is 0.242 e. The van der Waals surface area contributed by atoms with E-state index in [0.29, 0.717) is 6.54 Å². The summed E-state index contributed by atoms with van der Waals surface area (Å²) in [5.74, 6) is 0.857. The number of para-hydroxylation sites is 2. The average Bonchev–Trinajstić information content (AvgIpc) is 3.60. The highest BCUT2D eigenvalue weighted by Crippen LogP contribution is 2.37. The van der Waals surface area contributed by atoms with E-state index in [-0.39, 0.29) is 18.5 Å². The summed E-state index contributed by atoms with van der Waals surface area (Å²) in [6.45, 7) is 5.20. The molecular weight excluding hydrogens is 486 g/mol. The molecular formula is C26H29N9OS. The number of carbonyl (C=O) groups excluding carboxylic acids is 1. The van der Waals surface area contributed by atoms with E-state index in [1.807, 2.05) is 60.0 Å². The molecule has 1 atom stereocenters. The van der Waals surface area contributed by atoms with Gasteiger partial charge in [0.1, 0.15) is 27.8 Å². The minimum Gasteiger partial charge on any atom is -0.358 e. The van der Waals surface area contributed by atoms with Crippen LogP contribution in [0.4, 0.5) is 5.00 Å². The number of aromatic amines is 1. The number of hydrogen-bond acceptors (Lipinski definition) is 8. The molecule has 10 nitrogen and oxygen atoms in total. The van der Waals surface area contributed by atoms with Crippen molar-refractivity contribution >= 4 is 44.4 Å². The summed E-state index contributed by atoms with van der Waals surface area (Å²) in [5.41, 5.74) is 4.33. The number of rotatable bonds is 6. The number of anilines is 1. The number of thiazole rings is 1. The normalized spacial score (nSPS) is 16.4. The van der Waals surface area contributed by atoms with E-state index in [0.717, 1.165) is 63.4 Å². The summed E-state index contributed by atoms with van der Waals surface area (Å²) in [5, 5.41) is 2.14. The van der Waals surface area contributed by atoms with Crippen molar-refractivity contribution in [3.8, 4) is 11.5 Å². The van der Waals surface area contributed by atoms with Gasteiger partial charge in [0.2, 0.25) is 5.91 Å². The zero-order valence-electron chi connectivity index (χ0n) is 21.1. The van der Waals surface area contributed by atoms with Crippen molar-refractivity contribution in [2.45, 2.75) is 26.1 Å². The smallest absolute Gasteiger partial charge is 0.242 e. The monoisotopic (exact) mass is 515 g/mol. The zero-order chi connectivity index (χ0) is 25.5. The predicted molar refractivity (Wildman–Crippen MR) is 146 cm³/mol. The Hall–Kier alpha value is -3.83. The first-order chi connectivity index (χ1) is 18.0. The Balaban J connectivity index is 1.23. The number of fused-ring (bicyclic) bond motifs is 2. The van der Waals surface area contributed by atoms with E-state index in [4.69, 9.17) is 9.97 Å². The number of nitrogens with one attached hydrogen (secondary N) is 1. The number of benzene rings is 1. The Morgan fingerprint density at radius 3 is 2.76 bits per heavy atom. The molecule has 1 aliphatic rings. The molecule has 1 aromatic carbocycles. The van der Waals surface area contributed by atoms with Crippen molar-refractivity contribution < 1.29 is 4.79 Å². The van der Waals surface area contributed by atoms with Gasteiger partial charge in [-0.15, -0.1) is 0 Å². The quantitative estimate of drug-likeness (QED) is 0.371. The maximum atomic E-state index is 13.3. The van der Waals surface area contributed by atoms with Gasteiger partial charge in [0, 0.05) is 38.4 Å². The van der Waals surface area contributed by atoms with E-state index >= 15 is 0 Å². The van der Waals surface area contributed by atoms with Crippen molar-refractivity contribution in [2.75, 3.05) is 38.6 Å². The van der Waals surface area contributed by atoms with Crippen LogP contribution in [0.15, 0.2) is 48.9 Å². The number of imidazole rings is 2. The van der Waals surface area contributed by atoms with Crippen molar-refractivity contribution in [2.24, 2.45) is 0 Å². The van der Waals surface area contributed by atoms with Crippen LogP contribution in [0.1, 0.15) is 11.9 Å². The van der Waals surface area contributed by atoms with Crippen molar-refractivity contribution in [3.63, 3.8) is 0 Å². The fourth-order valence-electron chi connectivity index (χ4n) is 4.89. The highest BCUT2D eigenvalue weighted by atomic mass is 32.1. The van der Waals surface area contributed by atoms with Crippen molar-refractivity contribution in [1.82, 2.24) is 39.3 Å². The van der Waals surface area contributed by atoms with Crippen LogP contribution in [-0.2, 0) is 17.9 Å². The Labute approximate surface area is 218 Å². The molecule has 0 saturated carbocycles. The Kier molecular flexibility index (Phi) is 6.09. The van der Waals surface area contributed by atoms with Gasteiger partial charge in [0.05, 0.1) is 17.4 Å². The van der Waals surface area contributed by atoms with Gasteiger partial charge >= 0.3 is 0 Å². The van der Waals surface area contributed by atoms with Crippen LogP contribution in [0.5, 0.6) is 0 Å². The van der Waals surface area contributed by atoms with Gasteiger partial charge < -0.3 is 24.3 Å². The predicted octanol–water partition coefficient (Wildman–Crippen LogP) is 3.23. The topological polar surface area (TPSA) is 99.1 Å². The number of carbonyl (C=O) groups is 1. The first kappa shape index (κ1) is 23.6. The summed E-state index contributed by atoms with van der Waals surface area (Å²) >= 11 is 1.71. The van der Waals surface area contributed by atoms with Gasteiger partial charge in [0.25, 0.3) is 0 Å². The lowest BCUT2D eigenvalue weighted by Gasteiger charge is -2.40. The van der Waals surface area contributed by atoms with E-state index in [9.17, 15) is 4.79 Å². The molecule has 5 aromatic rings. The molecule has 37 heavy (non-hydrogen) atoms. The standard InChI is InChI=1S/C26H29N9OS/c1-17-13-33(11-12-35(17)22(36)15-34-16-28-20-9-6-10-27-25(20)34)26-23(31-21(37-26)14-32(2)3)24-29-18-7-4-5-8-19(18)30-24/h4-10,16-17H,11-15H2,1-3H3,(H,29,30). The molecule has 0 bridgehead atoms. The summed E-state index contributed by atoms with van der Waals surface area (Å²) in [6, 6.07) is 11.8. The van der Waals surface area contributed by atoms with E-state index < -0.39 is 0 Å². The minimum absolute atomic E-state index is 0.0481. The molecule has 1 fully saturated rings. The molecule has 1 saturated heterocycles. The molecule has 5 heterocycles. The number of piperazine rings is 1. The van der Waals surface area contributed by atoms with Crippen molar-refractivity contribution in [3.05, 3.63) is 53.9 Å². The lowest BCUT2D eigenvalue weighted by Crippen LogP contribution is -2.54. The van der Waals surface area contributed by atoms with Gasteiger partial charge in [-0.2, -0.15) is 0 Å². The fourth-order valence-corrected chi connectivity index (χ4v) is 6.11. The first-order valence-corrected chi connectivity index (χ1v) is 13.2. The van der Waals surface area contributed by atoms with Crippen LogP contribution in [0.25, 0.3) is 33.7 Å². The van der Waals surface area contributed by atoms with E-state index in [2.05, 4.69) is 31.7 Å². The molecule has 190 valence electrons. The molecule has 1 unspecified atom stereocenters. The van der Waals surface area contributed by atoms with Crippen LogP contribution < -0.4 is 4.90 Å². The molecule has 6 rings (SSSR count). The Morgan fingerprint density at radius 2 is 1.95 bits per heavy atom. The Morgan fingerprint density at radius 1 is 1.11 bits per heavy atom. The van der Waals surface area contributed by atoms with Crippen LogP contribution in [0, 0.1) is 0 Å². The second-order valence-corrected chi connectivity index (χ2v) is 10.8. The summed E-state index contributed by atoms with van der Waals surface area (Å²) in [6.07, 6.45) is 3.42.